The lowest BCUT2D eigenvalue weighted by Gasteiger charge is -2.10. The molecule has 0 unspecified atom stereocenters. The number of hydrogen-bond acceptors (Lipinski definition) is 3. The summed E-state index contributed by atoms with van der Waals surface area (Å²) in [6.07, 6.45) is 1.60. The zero-order valence-electron chi connectivity index (χ0n) is 12.1. The van der Waals surface area contributed by atoms with Gasteiger partial charge in [-0.3, -0.25) is 9.78 Å². The van der Waals surface area contributed by atoms with Gasteiger partial charge in [0.1, 0.15) is 5.69 Å². The van der Waals surface area contributed by atoms with Crippen LogP contribution in [0.1, 0.15) is 24.3 Å². The summed E-state index contributed by atoms with van der Waals surface area (Å²) in [7, 11) is 0. The van der Waals surface area contributed by atoms with Gasteiger partial charge >= 0.3 is 0 Å². The molecule has 2 rings (SSSR count). The molecule has 1 heterocycles. The summed E-state index contributed by atoms with van der Waals surface area (Å²) in [4.78, 5) is 16.1. The van der Waals surface area contributed by atoms with E-state index in [4.69, 9.17) is 11.6 Å². The first kappa shape index (κ1) is 15.3. The van der Waals surface area contributed by atoms with Crippen LogP contribution in [0.25, 0.3) is 0 Å². The number of carbonyl (C=O) groups is 1. The summed E-state index contributed by atoms with van der Waals surface area (Å²) in [6.45, 7) is 4.72. The Bertz CT molecular complexity index is 628. The molecule has 0 radical (unpaired) electrons. The molecule has 0 fully saturated rings. The van der Waals surface area contributed by atoms with Crippen LogP contribution < -0.4 is 10.6 Å². The minimum atomic E-state index is -0.175. The third-order valence-corrected chi connectivity index (χ3v) is 3.15. The first-order chi connectivity index (χ1) is 10.1. The molecule has 2 aromatic rings. The molecule has 0 atom stereocenters. The van der Waals surface area contributed by atoms with Crippen LogP contribution in [0.4, 0.5) is 11.4 Å². The summed E-state index contributed by atoms with van der Waals surface area (Å²) in [6, 6.07) is 10.9. The van der Waals surface area contributed by atoms with Crippen LogP contribution in [0.15, 0.2) is 42.6 Å². The maximum absolute atomic E-state index is 12.0. The molecule has 0 aliphatic heterocycles. The van der Waals surface area contributed by atoms with E-state index in [1.165, 1.54) is 0 Å². The second-order valence-electron chi connectivity index (χ2n) is 5.14. The fourth-order valence-corrected chi connectivity index (χ4v) is 1.92. The zero-order valence-corrected chi connectivity index (χ0v) is 12.8. The number of rotatable bonds is 5. The highest BCUT2D eigenvalue weighted by Gasteiger charge is 2.09. The molecule has 0 spiro atoms. The number of para-hydroxylation sites is 1. The van der Waals surface area contributed by atoms with Gasteiger partial charge in [-0.25, -0.2) is 0 Å². The van der Waals surface area contributed by atoms with Crippen LogP contribution in [0.2, 0.25) is 5.02 Å². The van der Waals surface area contributed by atoms with Crippen molar-refractivity contribution in [2.24, 2.45) is 5.92 Å². The van der Waals surface area contributed by atoms with Crippen molar-refractivity contribution in [2.45, 2.75) is 13.8 Å². The molecule has 21 heavy (non-hydrogen) atoms. The quantitative estimate of drug-likeness (QED) is 0.881. The molecule has 2 N–H and O–H groups in total. The molecule has 0 aliphatic carbocycles. The van der Waals surface area contributed by atoms with Crippen molar-refractivity contribution in [3.05, 3.63) is 53.3 Å². The molecule has 0 bridgehead atoms. The molecule has 0 saturated heterocycles. The Morgan fingerprint density at radius 3 is 2.76 bits per heavy atom. The lowest BCUT2D eigenvalue weighted by molar-refractivity contribution is 0.0944. The molecule has 1 amide bonds. The molecule has 0 aliphatic rings. The SMILES string of the molecule is CC(C)CNC(=O)c1cc(Nc2ccccc2Cl)ccn1. The van der Waals surface area contributed by atoms with Crippen molar-refractivity contribution in [1.82, 2.24) is 10.3 Å². The standard InChI is InChI=1S/C16H18ClN3O/c1-11(2)10-19-16(21)15-9-12(7-8-18-15)20-14-6-4-3-5-13(14)17/h3-9,11H,10H2,1-2H3,(H,18,20)(H,19,21). The van der Waals surface area contributed by atoms with Crippen molar-refractivity contribution in [2.75, 3.05) is 11.9 Å². The van der Waals surface area contributed by atoms with Crippen LogP contribution >= 0.6 is 11.6 Å². The third-order valence-electron chi connectivity index (χ3n) is 2.82. The largest absolute Gasteiger partial charge is 0.354 e. The van der Waals surface area contributed by atoms with E-state index in [0.717, 1.165) is 11.4 Å². The van der Waals surface area contributed by atoms with E-state index < -0.39 is 0 Å². The zero-order chi connectivity index (χ0) is 15.2. The Hall–Kier alpha value is -2.07. The topological polar surface area (TPSA) is 54.0 Å². The molecule has 5 heteroatoms. The molecule has 1 aromatic carbocycles. The number of nitrogens with one attached hydrogen (secondary N) is 2. The van der Waals surface area contributed by atoms with Crippen molar-refractivity contribution < 1.29 is 4.79 Å². The van der Waals surface area contributed by atoms with E-state index in [9.17, 15) is 4.79 Å². The van der Waals surface area contributed by atoms with Crippen LogP contribution in [0, 0.1) is 5.92 Å². The number of benzene rings is 1. The van der Waals surface area contributed by atoms with Crippen molar-refractivity contribution in [3.63, 3.8) is 0 Å². The molecule has 0 saturated carbocycles. The average Bonchev–Trinajstić information content (AvgIpc) is 2.47. The van der Waals surface area contributed by atoms with Gasteiger partial charge in [-0.2, -0.15) is 0 Å². The van der Waals surface area contributed by atoms with Gasteiger partial charge in [-0.15, -0.1) is 0 Å². The fourth-order valence-electron chi connectivity index (χ4n) is 1.74. The number of pyridine rings is 1. The summed E-state index contributed by atoms with van der Waals surface area (Å²) in [5.41, 5.74) is 1.94. The van der Waals surface area contributed by atoms with Gasteiger partial charge in [-0.1, -0.05) is 37.6 Å². The Morgan fingerprint density at radius 2 is 2.05 bits per heavy atom. The first-order valence-electron chi connectivity index (χ1n) is 6.82. The van der Waals surface area contributed by atoms with E-state index >= 15 is 0 Å². The monoisotopic (exact) mass is 303 g/mol. The number of hydrogen-bond donors (Lipinski definition) is 2. The Balaban J connectivity index is 2.11. The lowest BCUT2D eigenvalue weighted by atomic mass is 10.2. The average molecular weight is 304 g/mol. The summed E-state index contributed by atoms with van der Waals surface area (Å²) >= 11 is 6.10. The van der Waals surface area contributed by atoms with E-state index in [2.05, 4.69) is 15.6 Å². The first-order valence-corrected chi connectivity index (χ1v) is 7.20. The number of amides is 1. The van der Waals surface area contributed by atoms with Crippen LogP contribution in [-0.2, 0) is 0 Å². The smallest absolute Gasteiger partial charge is 0.269 e. The number of aromatic nitrogens is 1. The van der Waals surface area contributed by atoms with Crippen LogP contribution in [-0.4, -0.2) is 17.4 Å². The summed E-state index contributed by atoms with van der Waals surface area (Å²) < 4.78 is 0. The highest BCUT2D eigenvalue weighted by Crippen LogP contribution is 2.24. The van der Waals surface area contributed by atoms with Crippen LogP contribution in [0.5, 0.6) is 0 Å². The van der Waals surface area contributed by atoms with Crippen LogP contribution in [0.3, 0.4) is 0 Å². The van der Waals surface area contributed by atoms with Gasteiger partial charge < -0.3 is 10.6 Å². The predicted molar refractivity (Wildman–Crippen MR) is 86.1 cm³/mol. The Morgan fingerprint density at radius 1 is 1.29 bits per heavy atom. The third kappa shape index (κ3) is 4.46. The van der Waals surface area contributed by atoms with Gasteiger partial charge in [0.25, 0.3) is 5.91 Å². The fraction of sp³-hybridized carbons (Fsp3) is 0.250. The van der Waals surface area contributed by atoms with Gasteiger partial charge in [0.2, 0.25) is 0 Å². The molecular weight excluding hydrogens is 286 g/mol. The molecule has 4 nitrogen and oxygen atoms in total. The van der Waals surface area contributed by atoms with E-state index in [1.54, 1.807) is 24.4 Å². The molecule has 1 aromatic heterocycles. The maximum Gasteiger partial charge on any atom is 0.269 e. The normalized spacial score (nSPS) is 10.5. The second-order valence-corrected chi connectivity index (χ2v) is 5.55. The Kier molecular flexibility index (Phi) is 5.17. The highest BCUT2D eigenvalue weighted by atomic mass is 35.5. The maximum atomic E-state index is 12.0. The highest BCUT2D eigenvalue weighted by molar-refractivity contribution is 6.33. The predicted octanol–water partition coefficient (Wildman–Crippen LogP) is 3.86. The Labute approximate surface area is 129 Å². The number of anilines is 2. The number of nitrogens with zero attached hydrogens (tertiary/aromatic N) is 1. The van der Waals surface area contributed by atoms with Crippen molar-refractivity contribution in [3.8, 4) is 0 Å². The van der Waals surface area contributed by atoms with Gasteiger partial charge in [0.05, 0.1) is 10.7 Å². The molecular formula is C16H18ClN3O. The number of halogens is 1. The van der Waals surface area contributed by atoms with Gasteiger partial charge in [0.15, 0.2) is 0 Å². The minimum absolute atomic E-state index is 0.175. The van der Waals surface area contributed by atoms with Gasteiger partial charge in [0, 0.05) is 18.4 Å². The summed E-state index contributed by atoms with van der Waals surface area (Å²) in [5, 5.41) is 6.65. The summed E-state index contributed by atoms with van der Waals surface area (Å²) in [5.74, 6) is 0.227. The van der Waals surface area contributed by atoms with Gasteiger partial charge in [-0.05, 0) is 30.2 Å². The molecule has 110 valence electrons. The van der Waals surface area contributed by atoms with Crippen molar-refractivity contribution >= 4 is 28.9 Å². The number of carbonyl (C=O) groups excluding carboxylic acids is 1. The lowest BCUT2D eigenvalue weighted by Crippen LogP contribution is -2.28. The van der Waals surface area contributed by atoms with E-state index in [-0.39, 0.29) is 5.91 Å². The van der Waals surface area contributed by atoms with E-state index in [1.807, 2.05) is 32.0 Å². The second kappa shape index (κ2) is 7.09. The van der Waals surface area contributed by atoms with Crippen molar-refractivity contribution in [1.29, 1.82) is 0 Å². The minimum Gasteiger partial charge on any atom is -0.354 e. The van der Waals surface area contributed by atoms with E-state index in [0.29, 0.717) is 23.2 Å².